The first-order valence-corrected chi connectivity index (χ1v) is 11.9. The molecule has 0 fully saturated rings. The molecule has 3 heterocycles. The average molecular weight is 426 g/mol. The largest absolute Gasteiger partial charge is 0.338 e. The maximum absolute atomic E-state index is 2.54. The molecule has 4 heteroatoms. The van der Waals surface area contributed by atoms with Crippen LogP contribution in [0.25, 0.3) is 27.3 Å². The number of benzene rings is 3. The molecule has 4 aromatic rings. The fourth-order valence-electron chi connectivity index (χ4n) is 4.43. The lowest BCUT2D eigenvalue weighted by atomic mass is 10.1. The molecule has 0 aliphatic carbocycles. The fourth-order valence-corrected chi connectivity index (χ4v) is 7.10. The third-order valence-electron chi connectivity index (χ3n) is 5.85. The molecule has 0 unspecified atom stereocenters. The van der Waals surface area contributed by atoms with E-state index in [-0.39, 0.29) is 0 Å². The second-order valence-electron chi connectivity index (χ2n) is 7.63. The minimum absolute atomic E-state index is 1.03. The highest BCUT2D eigenvalue weighted by Crippen LogP contribution is 2.50. The third kappa shape index (κ3) is 2.75. The van der Waals surface area contributed by atoms with Gasteiger partial charge in [-0.3, -0.25) is 0 Å². The fraction of sp³-hybridized carbons (Fsp3) is 0.115. The molecule has 3 aromatic carbocycles. The summed E-state index contributed by atoms with van der Waals surface area (Å²) >= 11 is 3.85. The van der Waals surface area contributed by atoms with E-state index in [1.165, 1.54) is 47.9 Å². The van der Waals surface area contributed by atoms with Crippen LogP contribution < -0.4 is 9.47 Å². The van der Waals surface area contributed by atoms with Crippen molar-refractivity contribution in [3.63, 3.8) is 0 Å². The molecule has 2 aliphatic rings. The van der Waals surface area contributed by atoms with E-state index < -0.39 is 0 Å². The van der Waals surface area contributed by atoms with Crippen molar-refractivity contribution in [2.24, 2.45) is 0 Å². The summed E-state index contributed by atoms with van der Waals surface area (Å²) < 4.78 is 2.54. The number of hydrogen-bond acceptors (Lipinski definition) is 3. The summed E-state index contributed by atoms with van der Waals surface area (Å²) in [6, 6.07) is 30.4. The number of nitrogens with zero attached hydrogens (tertiary/aromatic N) is 2. The van der Waals surface area contributed by atoms with Gasteiger partial charge in [0.1, 0.15) is 4.88 Å². The van der Waals surface area contributed by atoms with Crippen LogP contribution in [0.15, 0.2) is 94.9 Å². The Morgan fingerprint density at radius 3 is 2.20 bits per heavy atom. The quantitative estimate of drug-likeness (QED) is 0.331. The van der Waals surface area contributed by atoms with Crippen molar-refractivity contribution in [2.45, 2.75) is 17.9 Å². The summed E-state index contributed by atoms with van der Waals surface area (Å²) in [4.78, 5) is 5.08. The number of anilines is 1. The van der Waals surface area contributed by atoms with E-state index in [0.717, 1.165) is 13.0 Å². The summed E-state index contributed by atoms with van der Waals surface area (Å²) in [5.74, 6) is 0. The van der Waals surface area contributed by atoms with Gasteiger partial charge in [-0.2, -0.15) is 4.57 Å². The molecule has 0 N–H and O–H groups in total. The van der Waals surface area contributed by atoms with Crippen molar-refractivity contribution >= 4 is 34.4 Å². The van der Waals surface area contributed by atoms with E-state index in [1.807, 2.05) is 23.1 Å². The van der Waals surface area contributed by atoms with E-state index >= 15 is 0 Å². The van der Waals surface area contributed by atoms with Crippen molar-refractivity contribution in [2.75, 3.05) is 11.9 Å². The maximum Gasteiger partial charge on any atom is 0.268 e. The molecule has 2 aliphatic heterocycles. The molecule has 0 radical (unpaired) electrons. The second kappa shape index (κ2) is 7.15. The summed E-state index contributed by atoms with van der Waals surface area (Å²) in [6.45, 7) is 1.03. The number of thiazole rings is 1. The summed E-state index contributed by atoms with van der Waals surface area (Å²) in [6.07, 6.45) is 1.08. The summed E-state index contributed by atoms with van der Waals surface area (Å²) in [5.41, 5.74) is 6.72. The van der Waals surface area contributed by atoms with Gasteiger partial charge in [0.25, 0.3) is 5.01 Å². The molecule has 0 amide bonds. The highest BCUT2D eigenvalue weighted by molar-refractivity contribution is 8.04. The zero-order valence-corrected chi connectivity index (χ0v) is 18.3. The van der Waals surface area contributed by atoms with Crippen molar-refractivity contribution in [3.05, 3.63) is 95.0 Å². The van der Waals surface area contributed by atoms with Gasteiger partial charge in [-0.25, -0.2) is 0 Å². The number of rotatable bonds is 2. The van der Waals surface area contributed by atoms with Gasteiger partial charge in [0.2, 0.25) is 5.69 Å². The van der Waals surface area contributed by atoms with Gasteiger partial charge < -0.3 is 4.90 Å². The molecule has 6 rings (SSSR count). The second-order valence-corrected chi connectivity index (χ2v) is 9.66. The standard InChI is InChI=1S/C26H21N2S2/c1-27-21-14-8-9-15-22(21)29-25(27)20-16-17-28-23(18-10-4-2-5-11-18)24(30-26(20)28)19-12-6-3-7-13-19/h2-15H,16-17H2,1H3/q+1. The van der Waals surface area contributed by atoms with Crippen LogP contribution in [0.5, 0.6) is 0 Å². The lowest BCUT2D eigenvalue weighted by Gasteiger charge is -2.14. The van der Waals surface area contributed by atoms with Gasteiger partial charge in [-0.05, 0) is 29.8 Å². The van der Waals surface area contributed by atoms with Crippen LogP contribution in [-0.2, 0) is 6.54 Å². The Morgan fingerprint density at radius 2 is 1.47 bits per heavy atom. The molecule has 2 nitrogen and oxygen atoms in total. The monoisotopic (exact) mass is 425 g/mol. The normalized spacial score (nSPS) is 17.3. The van der Waals surface area contributed by atoms with Gasteiger partial charge in [0, 0.05) is 23.9 Å². The van der Waals surface area contributed by atoms with Crippen LogP contribution >= 0.6 is 23.1 Å². The first-order chi connectivity index (χ1) is 14.8. The Morgan fingerprint density at radius 1 is 0.800 bits per heavy atom. The Kier molecular flexibility index (Phi) is 4.29. The lowest BCUT2D eigenvalue weighted by molar-refractivity contribution is -0.673. The number of para-hydroxylation sites is 1. The van der Waals surface area contributed by atoms with Gasteiger partial charge in [0.15, 0.2) is 6.54 Å². The van der Waals surface area contributed by atoms with E-state index in [1.54, 1.807) is 0 Å². The van der Waals surface area contributed by atoms with Crippen LogP contribution in [0.2, 0.25) is 0 Å². The number of hydrogen-bond donors (Lipinski definition) is 0. The first kappa shape index (κ1) is 18.0. The molecule has 0 saturated carbocycles. The minimum Gasteiger partial charge on any atom is -0.338 e. The highest BCUT2D eigenvalue weighted by Gasteiger charge is 2.39. The third-order valence-corrected chi connectivity index (χ3v) is 8.42. The van der Waals surface area contributed by atoms with Crippen molar-refractivity contribution < 1.29 is 4.57 Å². The molecular weight excluding hydrogens is 404 g/mol. The molecule has 146 valence electrons. The minimum atomic E-state index is 1.03. The Hall–Kier alpha value is -2.82. The van der Waals surface area contributed by atoms with Crippen molar-refractivity contribution in [3.8, 4) is 21.7 Å². The van der Waals surface area contributed by atoms with Crippen molar-refractivity contribution in [1.29, 1.82) is 0 Å². The zero-order valence-electron chi connectivity index (χ0n) is 16.7. The van der Waals surface area contributed by atoms with Crippen LogP contribution in [-0.4, -0.2) is 7.05 Å². The van der Waals surface area contributed by atoms with Gasteiger partial charge >= 0.3 is 0 Å². The van der Waals surface area contributed by atoms with Gasteiger partial charge in [-0.1, -0.05) is 83.8 Å². The maximum atomic E-state index is 2.54. The number of fused-ring (bicyclic) bond motifs is 2. The van der Waals surface area contributed by atoms with Gasteiger partial charge in [0.05, 0.1) is 16.3 Å². The van der Waals surface area contributed by atoms with Crippen molar-refractivity contribution in [1.82, 2.24) is 0 Å². The predicted molar refractivity (Wildman–Crippen MR) is 128 cm³/mol. The molecule has 30 heavy (non-hydrogen) atoms. The Balaban J connectivity index is 1.56. The molecule has 0 saturated heterocycles. The summed E-state index contributed by atoms with van der Waals surface area (Å²) in [5, 5.41) is 2.78. The SMILES string of the molecule is CN1C(=C2CC[n+]3c2sc(-c2ccccc2)c3-c2ccccc2)Sc2ccccc21. The topological polar surface area (TPSA) is 7.12 Å². The Labute approximate surface area is 185 Å². The zero-order chi connectivity index (χ0) is 20.1. The van der Waals surface area contributed by atoms with E-state index in [2.05, 4.69) is 101 Å². The predicted octanol–water partition coefficient (Wildman–Crippen LogP) is 6.68. The van der Waals surface area contributed by atoms with Crippen LogP contribution in [0.4, 0.5) is 5.69 Å². The molecule has 0 bridgehead atoms. The van der Waals surface area contributed by atoms with E-state index in [0.29, 0.717) is 0 Å². The smallest absolute Gasteiger partial charge is 0.268 e. The number of allylic oxidation sites excluding steroid dienone is 1. The lowest BCUT2D eigenvalue weighted by Crippen LogP contribution is -2.32. The molecule has 0 spiro atoms. The first-order valence-electron chi connectivity index (χ1n) is 10.2. The van der Waals surface area contributed by atoms with E-state index in [4.69, 9.17) is 0 Å². The number of thioether (sulfide) groups is 1. The van der Waals surface area contributed by atoms with Crippen LogP contribution in [0, 0.1) is 0 Å². The molecular formula is C26H21N2S2+. The highest BCUT2D eigenvalue weighted by atomic mass is 32.2. The number of aromatic nitrogens is 1. The summed E-state index contributed by atoms with van der Waals surface area (Å²) in [7, 11) is 2.20. The Bertz CT molecular complexity index is 1270. The van der Waals surface area contributed by atoms with Crippen LogP contribution in [0.3, 0.4) is 0 Å². The van der Waals surface area contributed by atoms with E-state index in [9.17, 15) is 0 Å². The van der Waals surface area contributed by atoms with Crippen LogP contribution in [0.1, 0.15) is 11.4 Å². The average Bonchev–Trinajstić information content (AvgIpc) is 3.47. The van der Waals surface area contributed by atoms with Gasteiger partial charge in [-0.15, -0.1) is 0 Å². The molecule has 1 aromatic heterocycles. The molecule has 0 atom stereocenters.